The third-order valence-electron chi connectivity index (χ3n) is 3.56. The number of carbonyl (C=O) groups is 2. The van der Waals surface area contributed by atoms with Crippen LogP contribution in [0.25, 0.3) is 0 Å². The molecular formula is C14H27N3O2S. The van der Waals surface area contributed by atoms with Crippen molar-refractivity contribution >= 4 is 29.0 Å². The highest BCUT2D eigenvalue weighted by atomic mass is 32.1. The number of carbonyl (C=O) groups excluding carboxylic acids is 2. The maximum atomic E-state index is 12.5. The highest BCUT2D eigenvalue weighted by Gasteiger charge is 2.39. The summed E-state index contributed by atoms with van der Waals surface area (Å²) in [6, 6.07) is 0. The lowest BCUT2D eigenvalue weighted by Crippen LogP contribution is -2.51. The predicted molar refractivity (Wildman–Crippen MR) is 85.4 cm³/mol. The molecule has 0 aromatic rings. The third-order valence-corrected chi connectivity index (χ3v) is 3.95. The Kier molecular flexibility index (Phi) is 8.37. The molecule has 0 radical (unpaired) electrons. The zero-order valence-electron chi connectivity index (χ0n) is 13.0. The van der Waals surface area contributed by atoms with Crippen LogP contribution in [0.4, 0.5) is 0 Å². The Labute approximate surface area is 127 Å². The highest BCUT2D eigenvalue weighted by molar-refractivity contribution is 7.80. The predicted octanol–water partition coefficient (Wildman–Crippen LogP) is 1.45. The smallest absolute Gasteiger partial charge is 0.241 e. The summed E-state index contributed by atoms with van der Waals surface area (Å²) in [6.07, 6.45) is 2.85. The lowest BCUT2D eigenvalue weighted by Gasteiger charge is -2.31. The molecule has 0 aromatic heterocycles. The van der Waals surface area contributed by atoms with Gasteiger partial charge in [-0.15, -0.1) is 0 Å². The Bertz CT molecular complexity index is 352. The van der Waals surface area contributed by atoms with Gasteiger partial charge in [0.2, 0.25) is 11.8 Å². The number of hydrogen-bond donors (Lipinski definition) is 2. The number of nitrogens with zero attached hydrogens (tertiary/aromatic N) is 1. The molecule has 0 rings (SSSR count). The molecule has 0 spiro atoms. The molecule has 0 saturated carbocycles. The van der Waals surface area contributed by atoms with E-state index in [2.05, 4.69) is 5.32 Å². The van der Waals surface area contributed by atoms with Crippen LogP contribution in [0.1, 0.15) is 46.5 Å². The van der Waals surface area contributed by atoms with Crippen LogP contribution in [-0.2, 0) is 9.59 Å². The van der Waals surface area contributed by atoms with E-state index in [1.54, 1.807) is 11.9 Å². The van der Waals surface area contributed by atoms with E-state index < -0.39 is 5.41 Å². The number of likely N-dealkylation sites (N-methyl/N-ethyl adjacent to an activating group) is 1. The molecule has 0 unspecified atom stereocenters. The molecule has 0 saturated heterocycles. The lowest BCUT2D eigenvalue weighted by atomic mass is 9.78. The molecule has 0 heterocycles. The van der Waals surface area contributed by atoms with Crippen LogP contribution in [0, 0.1) is 5.41 Å². The van der Waals surface area contributed by atoms with Crippen LogP contribution < -0.4 is 11.1 Å². The Balaban J connectivity index is 4.88. The zero-order valence-corrected chi connectivity index (χ0v) is 13.8. The molecule has 5 nitrogen and oxygen atoms in total. The summed E-state index contributed by atoms with van der Waals surface area (Å²) in [4.78, 5) is 26.0. The minimum atomic E-state index is -0.829. The second-order valence-electron chi connectivity index (χ2n) is 5.04. The summed E-state index contributed by atoms with van der Waals surface area (Å²) in [6.45, 7) is 6.46. The first kappa shape index (κ1) is 18.8. The number of rotatable bonds is 9. The largest absolute Gasteiger partial charge is 0.392 e. The van der Waals surface area contributed by atoms with Gasteiger partial charge in [-0.05, 0) is 19.8 Å². The van der Waals surface area contributed by atoms with Gasteiger partial charge in [-0.2, -0.15) is 0 Å². The van der Waals surface area contributed by atoms with Gasteiger partial charge < -0.3 is 16.0 Å². The van der Waals surface area contributed by atoms with Gasteiger partial charge in [0, 0.05) is 13.6 Å². The van der Waals surface area contributed by atoms with Crippen LogP contribution in [0.5, 0.6) is 0 Å². The molecule has 20 heavy (non-hydrogen) atoms. The van der Waals surface area contributed by atoms with Crippen LogP contribution in [0.3, 0.4) is 0 Å². The van der Waals surface area contributed by atoms with E-state index >= 15 is 0 Å². The first-order valence-corrected chi connectivity index (χ1v) is 7.58. The van der Waals surface area contributed by atoms with Gasteiger partial charge in [-0.25, -0.2) is 0 Å². The maximum absolute atomic E-state index is 12.5. The molecule has 0 aliphatic heterocycles. The van der Waals surface area contributed by atoms with E-state index in [4.69, 9.17) is 18.0 Å². The maximum Gasteiger partial charge on any atom is 0.241 e. The van der Waals surface area contributed by atoms with Gasteiger partial charge in [-0.3, -0.25) is 9.59 Å². The number of amides is 2. The van der Waals surface area contributed by atoms with E-state index in [9.17, 15) is 9.59 Å². The van der Waals surface area contributed by atoms with E-state index in [-0.39, 0.29) is 23.3 Å². The van der Waals surface area contributed by atoms with E-state index in [1.165, 1.54) is 0 Å². The van der Waals surface area contributed by atoms with Gasteiger partial charge in [0.05, 0.1) is 16.9 Å². The summed E-state index contributed by atoms with van der Waals surface area (Å²) in [5.41, 5.74) is 4.98. The number of nitrogens with one attached hydrogen (secondary N) is 1. The van der Waals surface area contributed by atoms with Crippen LogP contribution >= 0.6 is 12.2 Å². The molecule has 6 heteroatoms. The van der Waals surface area contributed by atoms with E-state index in [0.717, 1.165) is 12.8 Å². The molecule has 0 aliphatic rings. The van der Waals surface area contributed by atoms with Crippen molar-refractivity contribution in [2.45, 2.75) is 46.5 Å². The van der Waals surface area contributed by atoms with Crippen molar-refractivity contribution in [2.24, 2.45) is 11.1 Å². The second-order valence-corrected chi connectivity index (χ2v) is 5.48. The fourth-order valence-corrected chi connectivity index (χ4v) is 2.50. The number of thiocarbonyl (C=S) groups is 1. The van der Waals surface area contributed by atoms with Crippen molar-refractivity contribution in [3.8, 4) is 0 Å². The minimum Gasteiger partial charge on any atom is -0.392 e. The van der Waals surface area contributed by atoms with Gasteiger partial charge in [0.1, 0.15) is 0 Å². The average Bonchev–Trinajstić information content (AvgIpc) is 2.42. The molecule has 116 valence electrons. The molecular weight excluding hydrogens is 274 g/mol. The highest BCUT2D eigenvalue weighted by Crippen LogP contribution is 2.30. The molecule has 0 aromatic carbocycles. The topological polar surface area (TPSA) is 75.4 Å². The third kappa shape index (κ3) is 4.74. The second kappa shape index (κ2) is 8.89. The van der Waals surface area contributed by atoms with Gasteiger partial charge in [-0.1, -0.05) is 38.9 Å². The van der Waals surface area contributed by atoms with Crippen molar-refractivity contribution < 1.29 is 9.59 Å². The van der Waals surface area contributed by atoms with Crippen molar-refractivity contribution in [3.63, 3.8) is 0 Å². The normalized spacial score (nSPS) is 11.0. The van der Waals surface area contributed by atoms with Gasteiger partial charge >= 0.3 is 0 Å². The van der Waals surface area contributed by atoms with Gasteiger partial charge in [0.25, 0.3) is 0 Å². The summed E-state index contributed by atoms with van der Waals surface area (Å²) in [7, 11) is 1.70. The molecule has 2 amide bonds. The van der Waals surface area contributed by atoms with Crippen molar-refractivity contribution in [1.29, 1.82) is 0 Å². The number of hydrogen-bond acceptors (Lipinski definition) is 3. The fraction of sp³-hybridized carbons (Fsp3) is 0.786. The van der Waals surface area contributed by atoms with Crippen molar-refractivity contribution in [2.75, 3.05) is 20.1 Å². The molecule has 0 bridgehead atoms. The first-order valence-electron chi connectivity index (χ1n) is 7.17. The average molecular weight is 301 g/mol. The van der Waals surface area contributed by atoms with Crippen molar-refractivity contribution in [1.82, 2.24) is 10.2 Å². The van der Waals surface area contributed by atoms with E-state index in [1.807, 2.05) is 20.8 Å². The van der Waals surface area contributed by atoms with Crippen molar-refractivity contribution in [3.05, 3.63) is 0 Å². The first-order chi connectivity index (χ1) is 9.35. The minimum absolute atomic E-state index is 0.0129. The Morgan fingerprint density at radius 1 is 1.20 bits per heavy atom. The monoisotopic (exact) mass is 301 g/mol. The summed E-state index contributed by atoms with van der Waals surface area (Å²) in [5.74, 6) is -0.350. The summed E-state index contributed by atoms with van der Waals surface area (Å²) >= 11 is 5.11. The SMILES string of the molecule is CCCC(CCC)(C(=O)NCC(=O)N(C)CC)C(N)=S. The van der Waals surface area contributed by atoms with Gasteiger partial charge in [0.15, 0.2) is 0 Å². The van der Waals surface area contributed by atoms with E-state index in [0.29, 0.717) is 19.4 Å². The standard InChI is InChI=1S/C14H27N3O2S/c1-5-8-14(9-6-2,12(15)20)13(19)16-10-11(18)17(4)7-3/h5-10H2,1-4H3,(H2,15,20)(H,16,19). The van der Waals surface area contributed by atoms with Crippen LogP contribution in [0.2, 0.25) is 0 Å². The molecule has 0 aliphatic carbocycles. The molecule has 0 atom stereocenters. The lowest BCUT2D eigenvalue weighted by molar-refractivity contribution is -0.134. The van der Waals surface area contributed by atoms with Crippen LogP contribution in [0.15, 0.2) is 0 Å². The number of nitrogens with two attached hydrogens (primary N) is 1. The zero-order chi connectivity index (χ0) is 15.8. The fourth-order valence-electron chi connectivity index (χ4n) is 2.20. The Morgan fingerprint density at radius 2 is 1.70 bits per heavy atom. The molecule has 0 fully saturated rings. The summed E-state index contributed by atoms with van der Waals surface area (Å²) in [5, 5.41) is 2.69. The quantitative estimate of drug-likeness (QED) is 0.632. The summed E-state index contributed by atoms with van der Waals surface area (Å²) < 4.78 is 0. The molecule has 3 N–H and O–H groups in total. The van der Waals surface area contributed by atoms with Crippen LogP contribution in [-0.4, -0.2) is 41.8 Å². The Hall–Kier alpha value is -1.17. The Morgan fingerprint density at radius 3 is 2.05 bits per heavy atom.